The highest BCUT2D eigenvalue weighted by Crippen LogP contribution is 2.13. The number of nitrogens with zero attached hydrogens (tertiary/aromatic N) is 1. The van der Waals surface area contributed by atoms with Gasteiger partial charge < -0.3 is 10.5 Å². The quantitative estimate of drug-likeness (QED) is 0.749. The zero-order valence-electron chi connectivity index (χ0n) is 10.4. The van der Waals surface area contributed by atoms with Gasteiger partial charge in [-0.15, -0.1) is 0 Å². The van der Waals surface area contributed by atoms with Gasteiger partial charge >= 0.3 is 0 Å². The number of ether oxygens (including phenoxy) is 1. The van der Waals surface area contributed by atoms with Gasteiger partial charge in [-0.25, -0.2) is 0 Å². The van der Waals surface area contributed by atoms with Gasteiger partial charge in [-0.05, 0) is 25.1 Å². The predicted molar refractivity (Wildman–Crippen MR) is 68.3 cm³/mol. The lowest BCUT2D eigenvalue weighted by Gasteiger charge is -2.24. The molecule has 0 aliphatic rings. The number of nitrogen functional groups attached to an aromatic ring is 1. The molecule has 1 rings (SSSR count). The molecule has 0 aromatic heterocycles. The molecular formula is C13H22N2O. The lowest BCUT2D eigenvalue weighted by atomic mass is 10.1. The summed E-state index contributed by atoms with van der Waals surface area (Å²) in [5.41, 5.74) is 7.98. The van der Waals surface area contributed by atoms with Gasteiger partial charge in [-0.1, -0.05) is 25.1 Å². The van der Waals surface area contributed by atoms with Crippen LogP contribution in [0.3, 0.4) is 0 Å². The Hall–Kier alpha value is -1.06. The Kier molecular flexibility index (Phi) is 5.29. The summed E-state index contributed by atoms with van der Waals surface area (Å²) < 4.78 is 5.28. The lowest BCUT2D eigenvalue weighted by Crippen LogP contribution is -2.31. The summed E-state index contributed by atoms with van der Waals surface area (Å²) in [5.74, 6) is 0. The summed E-state index contributed by atoms with van der Waals surface area (Å²) in [6.45, 7) is 7.05. The maximum absolute atomic E-state index is 5.93. The molecule has 0 aliphatic heterocycles. The molecule has 0 saturated carbocycles. The Morgan fingerprint density at radius 1 is 1.38 bits per heavy atom. The molecule has 1 atom stereocenters. The van der Waals surface area contributed by atoms with E-state index in [0.29, 0.717) is 0 Å². The van der Waals surface area contributed by atoms with Crippen molar-refractivity contribution >= 4 is 5.69 Å². The second-order valence-electron chi connectivity index (χ2n) is 4.07. The molecule has 0 amide bonds. The van der Waals surface area contributed by atoms with Gasteiger partial charge in [-0.3, -0.25) is 4.90 Å². The Morgan fingerprint density at radius 3 is 2.62 bits per heavy atom. The van der Waals surface area contributed by atoms with Crippen molar-refractivity contribution in [3.8, 4) is 0 Å². The van der Waals surface area contributed by atoms with Crippen molar-refractivity contribution in [1.82, 2.24) is 4.90 Å². The van der Waals surface area contributed by atoms with Crippen molar-refractivity contribution in [3.05, 3.63) is 29.8 Å². The first-order valence-electron chi connectivity index (χ1n) is 5.75. The molecule has 1 unspecified atom stereocenters. The monoisotopic (exact) mass is 222 g/mol. The van der Waals surface area contributed by atoms with E-state index in [1.54, 1.807) is 7.11 Å². The fraction of sp³-hybridized carbons (Fsp3) is 0.538. The number of methoxy groups -OCH3 is 1. The van der Waals surface area contributed by atoms with Crippen LogP contribution in [0.2, 0.25) is 0 Å². The largest absolute Gasteiger partial charge is 0.398 e. The maximum Gasteiger partial charge on any atom is 0.0670 e. The average Bonchev–Trinajstić information content (AvgIpc) is 2.30. The van der Waals surface area contributed by atoms with Gasteiger partial charge in [0.15, 0.2) is 0 Å². The number of hydrogen-bond donors (Lipinski definition) is 1. The van der Waals surface area contributed by atoms with E-state index in [0.717, 1.165) is 25.3 Å². The highest BCUT2D eigenvalue weighted by atomic mass is 16.5. The first-order valence-corrected chi connectivity index (χ1v) is 5.75. The first-order chi connectivity index (χ1) is 7.67. The van der Waals surface area contributed by atoms with Crippen LogP contribution in [0, 0.1) is 0 Å². The summed E-state index contributed by atoms with van der Waals surface area (Å²) in [5, 5.41) is 0. The number of para-hydroxylation sites is 1. The van der Waals surface area contributed by atoms with E-state index in [9.17, 15) is 0 Å². The summed E-state index contributed by atoms with van der Waals surface area (Å²) in [7, 11) is 1.75. The van der Waals surface area contributed by atoms with Gasteiger partial charge in [0.05, 0.1) is 6.10 Å². The summed E-state index contributed by atoms with van der Waals surface area (Å²) in [6, 6.07) is 8.02. The number of anilines is 1. The second-order valence-corrected chi connectivity index (χ2v) is 4.07. The van der Waals surface area contributed by atoms with Crippen molar-refractivity contribution < 1.29 is 4.74 Å². The number of nitrogens with two attached hydrogens (primary N) is 1. The van der Waals surface area contributed by atoms with E-state index < -0.39 is 0 Å². The van der Waals surface area contributed by atoms with Crippen LogP contribution < -0.4 is 5.73 Å². The molecule has 0 spiro atoms. The van der Waals surface area contributed by atoms with Gasteiger partial charge in [0.25, 0.3) is 0 Å². The van der Waals surface area contributed by atoms with Crippen molar-refractivity contribution in [2.24, 2.45) is 0 Å². The Morgan fingerprint density at radius 2 is 2.06 bits per heavy atom. The van der Waals surface area contributed by atoms with Gasteiger partial charge in [0.2, 0.25) is 0 Å². The van der Waals surface area contributed by atoms with Crippen LogP contribution in [0.5, 0.6) is 0 Å². The molecule has 90 valence electrons. The molecule has 16 heavy (non-hydrogen) atoms. The van der Waals surface area contributed by atoms with Crippen LogP contribution in [-0.2, 0) is 11.3 Å². The third kappa shape index (κ3) is 3.83. The molecule has 0 bridgehead atoms. The molecule has 3 heteroatoms. The number of hydrogen-bond acceptors (Lipinski definition) is 3. The molecule has 2 N–H and O–H groups in total. The molecule has 3 nitrogen and oxygen atoms in total. The van der Waals surface area contributed by atoms with E-state index >= 15 is 0 Å². The Balaban J connectivity index is 2.60. The standard InChI is InChI=1S/C13H22N2O/c1-4-15(9-11(2)16-3)10-12-7-5-6-8-13(12)14/h5-8,11H,4,9-10,14H2,1-3H3. The van der Waals surface area contributed by atoms with Crippen molar-refractivity contribution in [1.29, 1.82) is 0 Å². The molecule has 0 saturated heterocycles. The van der Waals surface area contributed by atoms with Crippen molar-refractivity contribution in [2.45, 2.75) is 26.5 Å². The topological polar surface area (TPSA) is 38.5 Å². The lowest BCUT2D eigenvalue weighted by molar-refractivity contribution is 0.0764. The predicted octanol–water partition coefficient (Wildman–Crippen LogP) is 2.13. The van der Waals surface area contributed by atoms with Crippen LogP contribution in [0.25, 0.3) is 0 Å². The van der Waals surface area contributed by atoms with Gasteiger partial charge in [0, 0.05) is 25.9 Å². The normalized spacial score (nSPS) is 13.0. The number of likely N-dealkylation sites (N-methyl/N-ethyl adjacent to an activating group) is 1. The van der Waals surface area contributed by atoms with E-state index in [1.165, 1.54) is 5.56 Å². The summed E-state index contributed by atoms with van der Waals surface area (Å²) in [6.07, 6.45) is 0.255. The molecule has 1 aromatic carbocycles. The smallest absolute Gasteiger partial charge is 0.0670 e. The highest BCUT2D eigenvalue weighted by molar-refractivity contribution is 5.46. The van der Waals surface area contributed by atoms with Crippen LogP contribution in [0.4, 0.5) is 5.69 Å². The first kappa shape index (κ1) is 13.0. The molecule has 0 aliphatic carbocycles. The van der Waals surface area contributed by atoms with Crippen molar-refractivity contribution in [2.75, 3.05) is 25.9 Å². The van der Waals surface area contributed by atoms with E-state index in [-0.39, 0.29) is 6.10 Å². The molecule has 0 heterocycles. The number of benzene rings is 1. The van der Waals surface area contributed by atoms with E-state index in [1.807, 2.05) is 18.2 Å². The molecule has 1 aromatic rings. The second kappa shape index (κ2) is 6.51. The molecule has 0 fully saturated rings. The fourth-order valence-electron chi connectivity index (χ4n) is 1.66. The van der Waals surface area contributed by atoms with Gasteiger partial charge in [0.1, 0.15) is 0 Å². The minimum absolute atomic E-state index is 0.255. The van der Waals surface area contributed by atoms with E-state index in [2.05, 4.69) is 24.8 Å². The Bertz CT molecular complexity index is 315. The molecule has 0 radical (unpaired) electrons. The SMILES string of the molecule is CCN(Cc1ccccc1N)CC(C)OC. The van der Waals surface area contributed by atoms with Crippen LogP contribution in [0.15, 0.2) is 24.3 Å². The van der Waals surface area contributed by atoms with E-state index in [4.69, 9.17) is 10.5 Å². The number of rotatable bonds is 6. The van der Waals surface area contributed by atoms with Crippen LogP contribution in [-0.4, -0.2) is 31.2 Å². The zero-order chi connectivity index (χ0) is 12.0. The van der Waals surface area contributed by atoms with Crippen LogP contribution >= 0.6 is 0 Å². The van der Waals surface area contributed by atoms with Crippen molar-refractivity contribution in [3.63, 3.8) is 0 Å². The zero-order valence-corrected chi connectivity index (χ0v) is 10.4. The fourth-order valence-corrected chi connectivity index (χ4v) is 1.66. The third-order valence-corrected chi connectivity index (χ3v) is 2.81. The summed E-state index contributed by atoms with van der Waals surface area (Å²) in [4.78, 5) is 2.33. The minimum Gasteiger partial charge on any atom is -0.398 e. The maximum atomic E-state index is 5.93. The van der Waals surface area contributed by atoms with Crippen LogP contribution in [0.1, 0.15) is 19.4 Å². The minimum atomic E-state index is 0.255. The molecular weight excluding hydrogens is 200 g/mol. The van der Waals surface area contributed by atoms with Gasteiger partial charge in [-0.2, -0.15) is 0 Å². The third-order valence-electron chi connectivity index (χ3n) is 2.81. The highest BCUT2D eigenvalue weighted by Gasteiger charge is 2.09. The Labute approximate surface area is 98.2 Å². The average molecular weight is 222 g/mol. The summed E-state index contributed by atoms with van der Waals surface area (Å²) >= 11 is 0.